The number of benzene rings is 2. The zero-order valence-corrected chi connectivity index (χ0v) is 18.8. The quantitative estimate of drug-likeness (QED) is 0.125. The van der Waals surface area contributed by atoms with Gasteiger partial charge in [0.05, 0.1) is 18.0 Å². The van der Waals surface area contributed by atoms with Gasteiger partial charge < -0.3 is 15.4 Å². The van der Waals surface area contributed by atoms with E-state index in [-0.39, 0.29) is 29.7 Å². The van der Waals surface area contributed by atoms with Crippen molar-refractivity contribution in [1.82, 2.24) is 10.6 Å². The smallest absolute Gasteiger partial charge is 0.269 e. The minimum absolute atomic E-state index is 0. The lowest BCUT2D eigenvalue weighted by atomic mass is 10.2. The molecule has 152 valence electrons. The number of hydrogen-bond donors (Lipinski definition) is 2. The van der Waals surface area contributed by atoms with Crippen molar-refractivity contribution < 1.29 is 9.66 Å². The number of rotatable bonds is 10. The highest BCUT2D eigenvalue weighted by Crippen LogP contribution is 2.12. The van der Waals surface area contributed by atoms with E-state index in [2.05, 4.69) is 21.9 Å². The van der Waals surface area contributed by atoms with E-state index < -0.39 is 4.92 Å². The normalized spacial score (nSPS) is 10.7. The van der Waals surface area contributed by atoms with Crippen LogP contribution in [0.2, 0.25) is 0 Å². The Morgan fingerprint density at radius 2 is 1.79 bits per heavy atom. The first kappa shape index (κ1) is 24.0. The zero-order chi connectivity index (χ0) is 19.3. The van der Waals surface area contributed by atoms with E-state index in [1.165, 1.54) is 12.1 Å². The third-order valence-electron chi connectivity index (χ3n) is 3.57. The Hall–Kier alpha value is -2.01. The van der Waals surface area contributed by atoms with E-state index in [9.17, 15) is 10.1 Å². The highest BCUT2D eigenvalue weighted by atomic mass is 127. The number of non-ortho nitro benzene ring substituents is 1. The Labute approximate surface area is 186 Å². The Morgan fingerprint density at radius 3 is 2.43 bits per heavy atom. The van der Waals surface area contributed by atoms with Crippen LogP contribution in [0.5, 0.6) is 5.75 Å². The summed E-state index contributed by atoms with van der Waals surface area (Å²) in [7, 11) is 0. The average Bonchev–Trinajstić information content (AvgIpc) is 2.70. The van der Waals surface area contributed by atoms with E-state index in [0.29, 0.717) is 25.7 Å². The van der Waals surface area contributed by atoms with Crippen LogP contribution in [0.4, 0.5) is 5.69 Å². The number of nitro benzene ring substituents is 1. The lowest BCUT2D eigenvalue weighted by Crippen LogP contribution is -2.40. The van der Waals surface area contributed by atoms with Crippen LogP contribution in [-0.4, -0.2) is 42.6 Å². The number of hydrogen-bond acceptors (Lipinski definition) is 5. The minimum atomic E-state index is -0.406. The fourth-order valence-corrected chi connectivity index (χ4v) is 2.50. The molecule has 2 rings (SSSR count). The van der Waals surface area contributed by atoms with Crippen LogP contribution in [0.1, 0.15) is 5.56 Å². The van der Waals surface area contributed by atoms with E-state index in [4.69, 9.17) is 4.74 Å². The number of nitrogens with one attached hydrogen (secondary N) is 2. The number of nitro groups is 1. The van der Waals surface area contributed by atoms with Crippen molar-refractivity contribution >= 4 is 47.4 Å². The van der Waals surface area contributed by atoms with Crippen molar-refractivity contribution in [3.63, 3.8) is 0 Å². The molecule has 0 saturated heterocycles. The van der Waals surface area contributed by atoms with E-state index >= 15 is 0 Å². The number of ether oxygens (including phenoxy) is 1. The fourth-order valence-electron chi connectivity index (χ4n) is 2.19. The van der Waals surface area contributed by atoms with Gasteiger partial charge >= 0.3 is 0 Å². The highest BCUT2D eigenvalue weighted by Gasteiger charge is 2.04. The summed E-state index contributed by atoms with van der Waals surface area (Å²) in [6.07, 6.45) is 2.05. The second-order valence-corrected chi connectivity index (χ2v) is 6.58. The highest BCUT2D eigenvalue weighted by molar-refractivity contribution is 14.0. The van der Waals surface area contributed by atoms with Gasteiger partial charge in [-0.1, -0.05) is 30.3 Å². The summed E-state index contributed by atoms with van der Waals surface area (Å²) in [6.45, 7) is 2.37. The molecular formula is C19H25IN4O3S. The maximum Gasteiger partial charge on any atom is 0.269 e. The molecule has 0 bridgehead atoms. The Bertz CT molecular complexity index is 730. The summed E-state index contributed by atoms with van der Waals surface area (Å²) in [5, 5.41) is 17.2. The van der Waals surface area contributed by atoms with Crippen LogP contribution < -0.4 is 15.4 Å². The zero-order valence-electron chi connectivity index (χ0n) is 15.7. The van der Waals surface area contributed by atoms with Gasteiger partial charge in [-0.3, -0.25) is 10.1 Å². The van der Waals surface area contributed by atoms with Gasteiger partial charge in [0, 0.05) is 24.4 Å². The largest absolute Gasteiger partial charge is 0.492 e. The first-order chi connectivity index (χ1) is 13.2. The molecule has 0 heterocycles. The summed E-state index contributed by atoms with van der Waals surface area (Å²) in [4.78, 5) is 14.9. The van der Waals surface area contributed by atoms with Crippen molar-refractivity contribution in [2.45, 2.75) is 6.54 Å². The van der Waals surface area contributed by atoms with Crippen molar-refractivity contribution in [2.24, 2.45) is 4.99 Å². The summed E-state index contributed by atoms with van der Waals surface area (Å²) >= 11 is 1.75. The third kappa shape index (κ3) is 9.27. The molecule has 0 saturated carbocycles. The number of halogens is 1. The molecule has 0 fully saturated rings. The van der Waals surface area contributed by atoms with Gasteiger partial charge in [-0.15, -0.1) is 24.0 Å². The van der Waals surface area contributed by atoms with Gasteiger partial charge in [-0.25, -0.2) is 4.99 Å². The topological polar surface area (TPSA) is 88.8 Å². The molecule has 0 amide bonds. The van der Waals surface area contributed by atoms with Gasteiger partial charge in [-0.2, -0.15) is 11.8 Å². The molecule has 2 aromatic carbocycles. The first-order valence-corrected chi connectivity index (χ1v) is 10.0. The van der Waals surface area contributed by atoms with Gasteiger partial charge in [0.2, 0.25) is 0 Å². The second kappa shape index (κ2) is 14.1. The molecule has 2 N–H and O–H groups in total. The number of thioether (sulfide) groups is 1. The van der Waals surface area contributed by atoms with Gasteiger partial charge in [-0.05, 0) is 24.0 Å². The van der Waals surface area contributed by atoms with Crippen LogP contribution >= 0.6 is 35.7 Å². The molecule has 0 atom stereocenters. The molecular weight excluding hydrogens is 491 g/mol. The lowest BCUT2D eigenvalue weighted by molar-refractivity contribution is -0.384. The monoisotopic (exact) mass is 516 g/mol. The predicted molar refractivity (Wildman–Crippen MR) is 126 cm³/mol. The van der Waals surface area contributed by atoms with Crippen molar-refractivity contribution in [1.29, 1.82) is 0 Å². The van der Waals surface area contributed by atoms with E-state index in [1.54, 1.807) is 23.9 Å². The molecule has 7 nitrogen and oxygen atoms in total. The van der Waals surface area contributed by atoms with Crippen LogP contribution in [0.3, 0.4) is 0 Å². The van der Waals surface area contributed by atoms with Gasteiger partial charge in [0.1, 0.15) is 12.4 Å². The summed E-state index contributed by atoms with van der Waals surface area (Å²) in [5.74, 6) is 2.50. The first-order valence-electron chi connectivity index (χ1n) is 8.61. The molecule has 9 heteroatoms. The second-order valence-electron chi connectivity index (χ2n) is 5.60. The van der Waals surface area contributed by atoms with Gasteiger partial charge in [0.25, 0.3) is 5.69 Å². The van der Waals surface area contributed by atoms with Crippen molar-refractivity contribution in [3.05, 3.63) is 70.3 Å². The maximum atomic E-state index is 10.7. The predicted octanol–water partition coefficient (Wildman–Crippen LogP) is 3.69. The summed E-state index contributed by atoms with van der Waals surface area (Å²) in [6, 6.07) is 16.1. The molecule has 2 aromatic rings. The fraction of sp³-hybridized carbons (Fsp3) is 0.316. The molecule has 0 aliphatic heterocycles. The average molecular weight is 516 g/mol. The Kier molecular flexibility index (Phi) is 12.1. The molecule has 0 aliphatic rings. The molecule has 0 unspecified atom stereocenters. The minimum Gasteiger partial charge on any atom is -0.492 e. The Morgan fingerprint density at radius 1 is 1.11 bits per heavy atom. The van der Waals surface area contributed by atoms with Gasteiger partial charge in [0.15, 0.2) is 5.96 Å². The molecule has 0 radical (unpaired) electrons. The molecule has 0 aliphatic carbocycles. The van der Waals surface area contributed by atoms with Crippen LogP contribution in [0.15, 0.2) is 59.6 Å². The van der Waals surface area contributed by atoms with Crippen molar-refractivity contribution in [3.8, 4) is 5.75 Å². The number of guanidine groups is 1. The number of para-hydroxylation sites is 1. The molecule has 28 heavy (non-hydrogen) atoms. The van der Waals surface area contributed by atoms with E-state index in [1.807, 2.05) is 30.3 Å². The van der Waals surface area contributed by atoms with Crippen LogP contribution in [0, 0.1) is 10.1 Å². The van der Waals surface area contributed by atoms with Crippen LogP contribution in [0.25, 0.3) is 0 Å². The van der Waals surface area contributed by atoms with E-state index in [0.717, 1.165) is 23.6 Å². The number of aliphatic imine (C=N–C) groups is 1. The molecule has 0 aromatic heterocycles. The maximum absolute atomic E-state index is 10.7. The standard InChI is InChI=1S/C19H24N4O3S.HI/c1-27-14-12-21-19(20-11-13-26-18-5-3-2-4-6-18)22-15-16-7-9-17(10-8-16)23(24)25;/h2-10H,11-15H2,1H3,(H2,20,21,22);1H. The SMILES string of the molecule is CSCCNC(=NCc1ccc([N+](=O)[O-])cc1)NCCOc1ccccc1.I. The number of nitrogens with zero attached hydrogens (tertiary/aromatic N) is 2. The molecule has 0 spiro atoms. The lowest BCUT2D eigenvalue weighted by Gasteiger charge is -2.13. The van der Waals surface area contributed by atoms with Crippen LogP contribution in [-0.2, 0) is 6.54 Å². The summed E-state index contributed by atoms with van der Waals surface area (Å²) in [5.41, 5.74) is 0.990. The summed E-state index contributed by atoms with van der Waals surface area (Å²) < 4.78 is 5.67. The Balaban J connectivity index is 0.00000392. The third-order valence-corrected chi connectivity index (χ3v) is 4.18. The van der Waals surface area contributed by atoms with Crippen molar-refractivity contribution in [2.75, 3.05) is 31.7 Å².